The number of likely N-dealkylation sites (tertiary alicyclic amines) is 1. The third kappa shape index (κ3) is 1.92. The van der Waals surface area contributed by atoms with Crippen molar-refractivity contribution < 1.29 is 4.79 Å². The van der Waals surface area contributed by atoms with Crippen LogP contribution in [0.1, 0.15) is 33.6 Å². The van der Waals surface area contributed by atoms with E-state index in [1.165, 1.54) is 0 Å². The molecule has 1 rings (SSSR count). The zero-order valence-electron chi connectivity index (χ0n) is 10.0. The summed E-state index contributed by atoms with van der Waals surface area (Å²) < 4.78 is 0. The number of carbonyl (C=O) groups excluding carboxylic acids is 1. The molecule has 0 spiro atoms. The van der Waals surface area contributed by atoms with Gasteiger partial charge in [-0.2, -0.15) is 0 Å². The van der Waals surface area contributed by atoms with E-state index in [1.54, 1.807) is 0 Å². The highest BCUT2D eigenvalue weighted by Gasteiger charge is 2.39. The normalized spacial score (nSPS) is 22.4. The first-order valence-electron chi connectivity index (χ1n) is 5.37. The molecule has 3 nitrogen and oxygen atoms in total. The molecule has 0 radical (unpaired) electrons. The largest absolute Gasteiger partial charge is 0.326 e. The number of rotatable bonds is 3. The molecule has 1 fully saturated rings. The molecule has 0 aromatic heterocycles. The highest BCUT2D eigenvalue weighted by Crippen LogP contribution is 2.29. The van der Waals surface area contributed by atoms with E-state index in [0.29, 0.717) is 12.1 Å². The number of hydrogen-bond acceptors (Lipinski definition) is 2. The van der Waals surface area contributed by atoms with Crippen LogP contribution in [0.2, 0.25) is 0 Å². The van der Waals surface area contributed by atoms with E-state index in [-0.39, 0.29) is 5.41 Å². The van der Waals surface area contributed by atoms with Crippen molar-refractivity contribution >= 4 is 5.91 Å². The summed E-state index contributed by atoms with van der Waals surface area (Å²) in [7, 11) is 4.06. The predicted molar refractivity (Wildman–Crippen MR) is 57.9 cm³/mol. The molecule has 1 heterocycles. The minimum absolute atomic E-state index is 0.200. The van der Waals surface area contributed by atoms with Crippen LogP contribution in [0.15, 0.2) is 0 Å². The minimum Gasteiger partial charge on any atom is -0.326 e. The van der Waals surface area contributed by atoms with Gasteiger partial charge in [0, 0.05) is 12.0 Å². The maximum absolute atomic E-state index is 12.1. The van der Waals surface area contributed by atoms with Crippen molar-refractivity contribution in [3.8, 4) is 0 Å². The third-order valence-electron chi connectivity index (χ3n) is 3.31. The zero-order valence-corrected chi connectivity index (χ0v) is 10.0. The van der Waals surface area contributed by atoms with Gasteiger partial charge in [0.25, 0.3) is 0 Å². The Labute approximate surface area is 87.1 Å². The van der Waals surface area contributed by atoms with Gasteiger partial charge in [0.1, 0.15) is 0 Å². The van der Waals surface area contributed by atoms with Gasteiger partial charge in [0.2, 0.25) is 5.91 Å². The van der Waals surface area contributed by atoms with Crippen molar-refractivity contribution in [1.29, 1.82) is 0 Å². The van der Waals surface area contributed by atoms with E-state index in [9.17, 15) is 4.79 Å². The second-order valence-corrected chi connectivity index (χ2v) is 4.97. The molecule has 82 valence electrons. The summed E-state index contributed by atoms with van der Waals surface area (Å²) >= 11 is 0. The van der Waals surface area contributed by atoms with Gasteiger partial charge >= 0.3 is 0 Å². The zero-order chi connectivity index (χ0) is 10.9. The summed E-state index contributed by atoms with van der Waals surface area (Å²) in [6.45, 7) is 7.05. The van der Waals surface area contributed by atoms with Crippen LogP contribution in [0, 0.1) is 5.41 Å². The maximum Gasteiger partial charge on any atom is 0.229 e. The number of hydrogen-bond donors (Lipinski definition) is 0. The molecule has 0 aromatic carbocycles. The van der Waals surface area contributed by atoms with E-state index in [2.05, 4.69) is 11.8 Å². The lowest BCUT2D eigenvalue weighted by Crippen LogP contribution is -2.60. The smallest absolute Gasteiger partial charge is 0.229 e. The Balaban J connectivity index is 2.63. The van der Waals surface area contributed by atoms with Crippen LogP contribution in [0.3, 0.4) is 0 Å². The molecular formula is C11H22N2O. The van der Waals surface area contributed by atoms with Crippen LogP contribution in [0.25, 0.3) is 0 Å². The van der Waals surface area contributed by atoms with Crippen molar-refractivity contribution in [2.75, 3.05) is 20.6 Å². The molecule has 1 unspecified atom stereocenters. The molecule has 0 aromatic rings. The summed E-state index contributed by atoms with van der Waals surface area (Å²) in [5.41, 5.74) is -0.200. The molecule has 1 aliphatic rings. The molecule has 1 amide bonds. The molecule has 0 N–H and O–H groups in total. The lowest BCUT2D eigenvalue weighted by molar-refractivity contribution is -0.155. The molecule has 0 saturated carbocycles. The molecule has 1 saturated heterocycles. The van der Waals surface area contributed by atoms with Gasteiger partial charge in [0.05, 0.1) is 6.17 Å². The van der Waals surface area contributed by atoms with Gasteiger partial charge in [0.15, 0.2) is 0 Å². The van der Waals surface area contributed by atoms with Gasteiger partial charge in [-0.05, 0) is 26.9 Å². The minimum atomic E-state index is -0.200. The van der Waals surface area contributed by atoms with Gasteiger partial charge in [-0.1, -0.05) is 20.8 Å². The monoisotopic (exact) mass is 198 g/mol. The van der Waals surface area contributed by atoms with Gasteiger partial charge < -0.3 is 4.90 Å². The topological polar surface area (TPSA) is 23.6 Å². The molecular weight excluding hydrogens is 176 g/mol. The lowest BCUT2D eigenvalue weighted by Gasteiger charge is -2.47. The van der Waals surface area contributed by atoms with E-state index in [4.69, 9.17) is 0 Å². The Bertz CT molecular complexity index is 223. The van der Waals surface area contributed by atoms with Crippen molar-refractivity contribution in [3.05, 3.63) is 0 Å². The molecule has 1 aliphatic heterocycles. The maximum atomic E-state index is 12.1. The predicted octanol–water partition coefficient (Wildman–Crippen LogP) is 1.54. The van der Waals surface area contributed by atoms with E-state index in [1.807, 2.05) is 32.8 Å². The Hall–Kier alpha value is -0.570. The van der Waals surface area contributed by atoms with Crippen LogP contribution in [0.5, 0.6) is 0 Å². The fourth-order valence-electron chi connectivity index (χ4n) is 1.69. The van der Waals surface area contributed by atoms with Crippen molar-refractivity contribution in [2.24, 2.45) is 5.41 Å². The molecule has 14 heavy (non-hydrogen) atoms. The summed E-state index contributed by atoms with van der Waals surface area (Å²) in [4.78, 5) is 16.2. The van der Waals surface area contributed by atoms with Crippen LogP contribution >= 0.6 is 0 Å². The highest BCUT2D eigenvalue weighted by atomic mass is 16.2. The number of amides is 1. The van der Waals surface area contributed by atoms with Crippen LogP contribution in [0.4, 0.5) is 0 Å². The third-order valence-corrected chi connectivity index (χ3v) is 3.31. The van der Waals surface area contributed by atoms with Crippen molar-refractivity contribution in [3.63, 3.8) is 0 Å². The highest BCUT2D eigenvalue weighted by molar-refractivity contribution is 5.82. The van der Waals surface area contributed by atoms with E-state index >= 15 is 0 Å². The Morgan fingerprint density at radius 2 is 2.07 bits per heavy atom. The summed E-state index contributed by atoms with van der Waals surface area (Å²) in [5, 5.41) is 0. The van der Waals surface area contributed by atoms with Gasteiger partial charge in [-0.25, -0.2) is 0 Å². The summed E-state index contributed by atoms with van der Waals surface area (Å²) in [6.07, 6.45) is 2.34. The van der Waals surface area contributed by atoms with Crippen LogP contribution in [-0.4, -0.2) is 42.5 Å². The average molecular weight is 198 g/mol. The standard InChI is InChI=1S/C11H22N2O/c1-6-11(2,3)10(14)13-8-7-9(13)12(4)5/h9H,6-8H2,1-5H3. The number of carbonyl (C=O) groups is 1. The average Bonchev–Trinajstić information content (AvgIpc) is 2.01. The first-order chi connectivity index (χ1) is 6.40. The Morgan fingerprint density at radius 3 is 2.36 bits per heavy atom. The molecule has 1 atom stereocenters. The lowest BCUT2D eigenvalue weighted by atomic mass is 9.87. The fraction of sp³-hybridized carbons (Fsp3) is 0.909. The van der Waals surface area contributed by atoms with Crippen molar-refractivity contribution in [2.45, 2.75) is 39.8 Å². The molecule has 3 heteroatoms. The summed E-state index contributed by atoms with van der Waals surface area (Å²) in [6, 6.07) is 0. The SMILES string of the molecule is CCC(C)(C)C(=O)N1CCC1N(C)C. The molecule has 0 bridgehead atoms. The van der Waals surface area contributed by atoms with Crippen molar-refractivity contribution in [1.82, 2.24) is 9.80 Å². The van der Waals surface area contributed by atoms with Crippen LogP contribution < -0.4 is 0 Å². The summed E-state index contributed by atoms with van der Waals surface area (Å²) in [5.74, 6) is 0.296. The first-order valence-corrected chi connectivity index (χ1v) is 5.37. The number of nitrogens with zero attached hydrogens (tertiary/aromatic N) is 2. The van der Waals surface area contributed by atoms with Crippen LogP contribution in [-0.2, 0) is 4.79 Å². The van der Waals surface area contributed by atoms with E-state index < -0.39 is 0 Å². The Morgan fingerprint density at radius 1 is 1.50 bits per heavy atom. The second-order valence-electron chi connectivity index (χ2n) is 4.97. The van der Waals surface area contributed by atoms with Gasteiger partial charge in [-0.3, -0.25) is 9.69 Å². The second kappa shape index (κ2) is 3.89. The first kappa shape index (κ1) is 11.5. The molecule has 0 aliphatic carbocycles. The quantitative estimate of drug-likeness (QED) is 0.687. The van der Waals surface area contributed by atoms with Gasteiger partial charge in [-0.15, -0.1) is 0 Å². The van der Waals surface area contributed by atoms with E-state index in [0.717, 1.165) is 19.4 Å². The fourth-order valence-corrected chi connectivity index (χ4v) is 1.69. The Kier molecular flexibility index (Phi) is 3.20.